The minimum Gasteiger partial charge on any atom is -0.360 e. The van der Waals surface area contributed by atoms with Gasteiger partial charge in [0.05, 0.1) is 0 Å². The Bertz CT molecular complexity index is 571. The molecule has 0 aliphatic rings. The van der Waals surface area contributed by atoms with E-state index in [1.807, 2.05) is 6.92 Å². The Morgan fingerprint density at radius 1 is 1.37 bits per heavy atom. The average molecular weight is 261 g/mol. The second kappa shape index (κ2) is 5.49. The van der Waals surface area contributed by atoms with E-state index in [4.69, 9.17) is 10.4 Å². The number of aryl methyl sites for hydroxylation is 2. The van der Waals surface area contributed by atoms with Crippen LogP contribution in [-0.4, -0.2) is 16.0 Å². The average Bonchev–Trinajstić information content (AvgIpc) is 2.83. The van der Waals surface area contributed by atoms with Crippen LogP contribution in [0.4, 0.5) is 11.6 Å². The van der Waals surface area contributed by atoms with E-state index in [1.165, 1.54) is 0 Å². The molecule has 0 bridgehead atoms. The Kier molecular flexibility index (Phi) is 3.76. The highest BCUT2D eigenvalue weighted by Crippen LogP contribution is 2.13. The molecule has 0 fully saturated rings. The number of carbonyl (C=O) groups excluding carboxylic acids is 1. The van der Waals surface area contributed by atoms with Crippen LogP contribution in [0.5, 0.6) is 0 Å². The smallest absolute Gasteiger partial charge is 0.257 e. The van der Waals surface area contributed by atoms with Crippen molar-refractivity contribution in [3.05, 3.63) is 35.2 Å². The van der Waals surface area contributed by atoms with E-state index in [9.17, 15) is 4.79 Å². The maximum atomic E-state index is 12.1. The van der Waals surface area contributed by atoms with E-state index >= 15 is 0 Å². The van der Waals surface area contributed by atoms with Gasteiger partial charge in [-0.25, -0.2) is 10.8 Å². The van der Waals surface area contributed by atoms with E-state index in [0.717, 1.165) is 5.69 Å². The van der Waals surface area contributed by atoms with Crippen LogP contribution < -0.4 is 16.6 Å². The molecule has 1 amide bonds. The van der Waals surface area contributed by atoms with Crippen LogP contribution in [0.3, 0.4) is 0 Å². The van der Waals surface area contributed by atoms with Crippen molar-refractivity contribution in [2.24, 2.45) is 5.84 Å². The standard InChI is InChI=1S/C12H15N5O2/c1-3-9-5-8(6-10(14-9)16-13)12(18)15-11-4-7(2)19-17-11/h4-6H,3,13H2,1-2H3,(H,14,16)(H,15,17,18). The predicted octanol–water partition coefficient (Wildman–Crippen LogP) is 1.48. The van der Waals surface area contributed by atoms with E-state index in [0.29, 0.717) is 29.4 Å². The van der Waals surface area contributed by atoms with E-state index < -0.39 is 0 Å². The number of hydrogen-bond donors (Lipinski definition) is 3. The van der Waals surface area contributed by atoms with Gasteiger partial charge in [-0.2, -0.15) is 0 Å². The lowest BCUT2D eigenvalue weighted by Gasteiger charge is -2.06. The summed E-state index contributed by atoms with van der Waals surface area (Å²) < 4.78 is 4.88. The molecule has 4 N–H and O–H groups in total. The van der Waals surface area contributed by atoms with Gasteiger partial charge >= 0.3 is 0 Å². The largest absolute Gasteiger partial charge is 0.360 e. The van der Waals surface area contributed by atoms with E-state index in [-0.39, 0.29) is 5.91 Å². The van der Waals surface area contributed by atoms with Crippen molar-refractivity contribution in [1.82, 2.24) is 10.1 Å². The number of hydrogen-bond acceptors (Lipinski definition) is 6. The summed E-state index contributed by atoms with van der Waals surface area (Å²) in [6, 6.07) is 4.92. The molecular weight excluding hydrogens is 246 g/mol. The summed E-state index contributed by atoms with van der Waals surface area (Å²) in [7, 11) is 0. The van der Waals surface area contributed by atoms with Crippen LogP contribution >= 0.6 is 0 Å². The molecule has 2 heterocycles. The third kappa shape index (κ3) is 3.08. The van der Waals surface area contributed by atoms with Gasteiger partial charge in [0.2, 0.25) is 0 Å². The third-order valence-electron chi connectivity index (χ3n) is 2.52. The molecule has 0 saturated heterocycles. The summed E-state index contributed by atoms with van der Waals surface area (Å²) in [5, 5.41) is 6.35. The number of nitrogens with one attached hydrogen (secondary N) is 2. The Labute approximate surface area is 110 Å². The maximum Gasteiger partial charge on any atom is 0.257 e. The Balaban J connectivity index is 2.22. The normalized spacial score (nSPS) is 10.3. The van der Waals surface area contributed by atoms with Gasteiger partial charge in [-0.1, -0.05) is 12.1 Å². The lowest BCUT2D eigenvalue weighted by molar-refractivity contribution is 0.102. The molecule has 0 aliphatic carbocycles. The van der Waals surface area contributed by atoms with Crippen molar-refractivity contribution >= 4 is 17.5 Å². The second-order valence-electron chi connectivity index (χ2n) is 4.01. The quantitative estimate of drug-likeness (QED) is 0.568. The number of rotatable bonds is 4. The first-order valence-electron chi connectivity index (χ1n) is 5.84. The molecule has 7 nitrogen and oxygen atoms in total. The van der Waals surface area contributed by atoms with Crippen molar-refractivity contribution in [3.63, 3.8) is 0 Å². The van der Waals surface area contributed by atoms with Crippen molar-refractivity contribution in [1.29, 1.82) is 0 Å². The van der Waals surface area contributed by atoms with E-state index in [1.54, 1.807) is 25.1 Å². The van der Waals surface area contributed by atoms with Crippen LogP contribution in [0.1, 0.15) is 28.7 Å². The first-order valence-corrected chi connectivity index (χ1v) is 5.84. The molecule has 0 radical (unpaired) electrons. The molecule has 2 rings (SSSR count). The number of nitrogens with two attached hydrogens (primary N) is 1. The van der Waals surface area contributed by atoms with Gasteiger partial charge in [0.1, 0.15) is 11.6 Å². The Morgan fingerprint density at radius 3 is 2.74 bits per heavy atom. The van der Waals surface area contributed by atoms with Crippen LogP contribution in [-0.2, 0) is 6.42 Å². The zero-order valence-electron chi connectivity index (χ0n) is 10.7. The number of carbonyl (C=O) groups is 1. The lowest BCUT2D eigenvalue weighted by Crippen LogP contribution is -2.15. The first kappa shape index (κ1) is 13.0. The fourth-order valence-electron chi connectivity index (χ4n) is 1.59. The molecule has 100 valence electrons. The Hall–Kier alpha value is -2.41. The minimum atomic E-state index is -0.290. The molecule has 0 atom stereocenters. The van der Waals surface area contributed by atoms with Crippen LogP contribution in [0.2, 0.25) is 0 Å². The number of aromatic nitrogens is 2. The molecule has 2 aromatic heterocycles. The molecule has 0 aromatic carbocycles. The monoisotopic (exact) mass is 261 g/mol. The fraction of sp³-hybridized carbons (Fsp3) is 0.250. The summed E-state index contributed by atoms with van der Waals surface area (Å²) >= 11 is 0. The third-order valence-corrected chi connectivity index (χ3v) is 2.52. The highest BCUT2D eigenvalue weighted by Gasteiger charge is 2.11. The summed E-state index contributed by atoms with van der Waals surface area (Å²) in [4.78, 5) is 16.3. The van der Waals surface area contributed by atoms with Crippen LogP contribution in [0.25, 0.3) is 0 Å². The summed E-state index contributed by atoms with van der Waals surface area (Å²) in [5.74, 6) is 6.49. The van der Waals surface area contributed by atoms with Gasteiger partial charge in [-0.3, -0.25) is 4.79 Å². The fourth-order valence-corrected chi connectivity index (χ4v) is 1.59. The summed E-state index contributed by atoms with van der Waals surface area (Å²) in [6.45, 7) is 3.70. The van der Waals surface area contributed by atoms with Crippen LogP contribution in [0, 0.1) is 6.92 Å². The number of anilines is 2. The second-order valence-corrected chi connectivity index (χ2v) is 4.01. The van der Waals surface area contributed by atoms with Crippen LogP contribution in [0.15, 0.2) is 22.7 Å². The van der Waals surface area contributed by atoms with E-state index in [2.05, 4.69) is 20.9 Å². The zero-order chi connectivity index (χ0) is 13.8. The molecule has 7 heteroatoms. The number of pyridine rings is 1. The SMILES string of the molecule is CCc1cc(C(=O)Nc2cc(C)on2)cc(NN)n1. The predicted molar refractivity (Wildman–Crippen MR) is 70.6 cm³/mol. The van der Waals surface area contributed by atoms with Gasteiger partial charge in [0.25, 0.3) is 5.91 Å². The van der Waals surface area contributed by atoms with Gasteiger partial charge in [0, 0.05) is 17.3 Å². The minimum absolute atomic E-state index is 0.290. The van der Waals surface area contributed by atoms with Gasteiger partial charge in [-0.05, 0) is 25.5 Å². The number of hydrazine groups is 1. The molecule has 0 saturated carbocycles. The van der Waals surface area contributed by atoms with Crippen molar-refractivity contribution in [3.8, 4) is 0 Å². The molecule has 0 spiro atoms. The highest BCUT2D eigenvalue weighted by atomic mass is 16.5. The van der Waals surface area contributed by atoms with Gasteiger partial charge in [-0.15, -0.1) is 0 Å². The summed E-state index contributed by atoms with van der Waals surface area (Å²) in [5.41, 5.74) is 3.67. The number of nitrogens with zero attached hydrogens (tertiary/aromatic N) is 2. The topological polar surface area (TPSA) is 106 Å². The van der Waals surface area contributed by atoms with Crippen molar-refractivity contribution in [2.45, 2.75) is 20.3 Å². The first-order chi connectivity index (χ1) is 9.12. The van der Waals surface area contributed by atoms with Crippen molar-refractivity contribution < 1.29 is 9.32 Å². The molecule has 19 heavy (non-hydrogen) atoms. The van der Waals surface area contributed by atoms with Crippen molar-refractivity contribution in [2.75, 3.05) is 10.7 Å². The summed E-state index contributed by atoms with van der Waals surface area (Å²) in [6.07, 6.45) is 0.707. The van der Waals surface area contributed by atoms with Gasteiger partial charge in [0.15, 0.2) is 5.82 Å². The maximum absolute atomic E-state index is 12.1. The highest BCUT2D eigenvalue weighted by molar-refractivity contribution is 6.04. The molecular formula is C12H15N5O2. The number of amides is 1. The molecule has 0 unspecified atom stereocenters. The molecule has 2 aromatic rings. The molecule has 0 aliphatic heterocycles. The Morgan fingerprint density at radius 2 is 2.16 bits per heavy atom. The van der Waals surface area contributed by atoms with Gasteiger partial charge < -0.3 is 15.3 Å². The zero-order valence-corrected chi connectivity index (χ0v) is 10.7. The lowest BCUT2D eigenvalue weighted by atomic mass is 10.2. The number of nitrogen functional groups attached to an aromatic ring is 1.